The molecule has 0 atom stereocenters. The van der Waals surface area contributed by atoms with Gasteiger partial charge in [0, 0.05) is 19.4 Å². The first-order valence-corrected chi connectivity index (χ1v) is 7.53. The van der Waals surface area contributed by atoms with Gasteiger partial charge in [-0.05, 0) is 0 Å². The number of hydrogen-bond acceptors (Lipinski definition) is 5. The molecule has 0 aliphatic rings. The van der Waals surface area contributed by atoms with E-state index in [0.29, 0.717) is 31.6 Å². The van der Waals surface area contributed by atoms with Gasteiger partial charge < -0.3 is 23.1 Å². The van der Waals surface area contributed by atoms with E-state index in [-0.39, 0.29) is 0 Å². The highest BCUT2D eigenvalue weighted by Gasteiger charge is 2.39. The minimum absolute atomic E-state index is 0.293. The van der Waals surface area contributed by atoms with Gasteiger partial charge in [-0.2, -0.15) is 0 Å². The van der Waals surface area contributed by atoms with E-state index >= 15 is 0 Å². The fourth-order valence-corrected chi connectivity index (χ4v) is 3.13. The van der Waals surface area contributed by atoms with Crippen molar-refractivity contribution in [3.05, 3.63) is 30.3 Å². The molecule has 0 aromatic heterocycles. The monoisotopic (exact) mass is 272 g/mol. The molecule has 0 bridgehead atoms. The summed E-state index contributed by atoms with van der Waals surface area (Å²) in [4.78, 5) is 10.5. The minimum atomic E-state index is -3.36. The third kappa shape index (κ3) is 4.85. The maximum absolute atomic E-state index is 10.5. The van der Waals surface area contributed by atoms with Crippen molar-refractivity contribution in [1.82, 2.24) is 0 Å². The SMILES string of the molecule is COCCO[Si](O)(OCCOC)c1ccccc1. The molecule has 1 aromatic carbocycles. The Balaban J connectivity index is 2.67. The normalized spacial score (nSPS) is 11.7. The van der Waals surface area contributed by atoms with Crippen molar-refractivity contribution >= 4 is 14.0 Å². The van der Waals surface area contributed by atoms with Crippen LogP contribution in [0.2, 0.25) is 0 Å². The fourth-order valence-electron chi connectivity index (χ4n) is 1.38. The van der Waals surface area contributed by atoms with Crippen molar-refractivity contribution in [3.63, 3.8) is 0 Å². The van der Waals surface area contributed by atoms with E-state index in [9.17, 15) is 4.80 Å². The largest absolute Gasteiger partial charge is 0.534 e. The molecule has 0 unspecified atom stereocenters. The van der Waals surface area contributed by atoms with Gasteiger partial charge in [-0.25, -0.2) is 0 Å². The Bertz CT molecular complexity index is 310. The lowest BCUT2D eigenvalue weighted by atomic mass is 10.4. The number of ether oxygens (including phenoxy) is 2. The van der Waals surface area contributed by atoms with Crippen LogP contribution in [0.3, 0.4) is 0 Å². The lowest BCUT2D eigenvalue weighted by Crippen LogP contribution is -2.55. The van der Waals surface area contributed by atoms with Crippen LogP contribution in [-0.2, 0) is 18.3 Å². The van der Waals surface area contributed by atoms with E-state index < -0.39 is 8.80 Å². The molecule has 0 amide bonds. The highest BCUT2D eigenvalue weighted by Crippen LogP contribution is 2.04. The molecule has 0 aliphatic carbocycles. The molecule has 0 spiro atoms. The number of rotatable bonds is 9. The van der Waals surface area contributed by atoms with Crippen molar-refractivity contribution in [2.75, 3.05) is 40.6 Å². The Labute approximate surface area is 109 Å². The van der Waals surface area contributed by atoms with Crippen LogP contribution in [0.4, 0.5) is 0 Å². The van der Waals surface area contributed by atoms with Gasteiger partial charge in [0.15, 0.2) is 0 Å². The summed E-state index contributed by atoms with van der Waals surface area (Å²) in [6.07, 6.45) is 0. The highest BCUT2D eigenvalue weighted by atomic mass is 28.4. The molecule has 0 heterocycles. The average Bonchev–Trinajstić information content (AvgIpc) is 2.40. The third-order valence-electron chi connectivity index (χ3n) is 2.31. The summed E-state index contributed by atoms with van der Waals surface area (Å²) in [6.45, 7) is 1.41. The standard InChI is InChI=1S/C12H20O5Si/c1-14-8-10-16-18(13,17-11-9-15-2)12-6-4-3-5-7-12/h3-7,13H,8-11H2,1-2H3. The summed E-state index contributed by atoms with van der Waals surface area (Å²) in [6, 6.07) is 9.15. The van der Waals surface area contributed by atoms with Gasteiger partial charge >= 0.3 is 8.80 Å². The quantitative estimate of drug-likeness (QED) is 0.512. The molecule has 18 heavy (non-hydrogen) atoms. The van der Waals surface area contributed by atoms with Crippen LogP contribution in [0.25, 0.3) is 0 Å². The number of benzene rings is 1. The summed E-state index contributed by atoms with van der Waals surface area (Å²) in [7, 11) is -0.197. The van der Waals surface area contributed by atoms with Gasteiger partial charge in [0.05, 0.1) is 26.4 Å². The molecule has 1 aromatic rings. The molecule has 0 saturated carbocycles. The van der Waals surface area contributed by atoms with Crippen LogP contribution < -0.4 is 5.19 Å². The Hall–Kier alpha value is -0.763. The average molecular weight is 272 g/mol. The Kier molecular flexibility index (Phi) is 7.10. The summed E-state index contributed by atoms with van der Waals surface area (Å²) in [5.41, 5.74) is 0. The van der Waals surface area contributed by atoms with Gasteiger partial charge in [-0.3, -0.25) is 0 Å². The zero-order valence-corrected chi connectivity index (χ0v) is 11.8. The van der Waals surface area contributed by atoms with Gasteiger partial charge in [0.1, 0.15) is 0 Å². The van der Waals surface area contributed by atoms with E-state index in [0.717, 1.165) is 0 Å². The number of hydrogen-bond donors (Lipinski definition) is 1. The topological polar surface area (TPSA) is 57.2 Å². The summed E-state index contributed by atoms with van der Waals surface area (Å²) in [5, 5.41) is 0.678. The summed E-state index contributed by atoms with van der Waals surface area (Å²) >= 11 is 0. The molecule has 0 aliphatic heterocycles. The molecular weight excluding hydrogens is 252 g/mol. The molecule has 1 N–H and O–H groups in total. The van der Waals surface area contributed by atoms with Crippen LogP contribution >= 0.6 is 0 Å². The van der Waals surface area contributed by atoms with Crippen molar-refractivity contribution in [3.8, 4) is 0 Å². The van der Waals surface area contributed by atoms with Crippen molar-refractivity contribution < 1.29 is 23.1 Å². The molecule has 0 fully saturated rings. The first kappa shape index (κ1) is 15.3. The maximum Gasteiger partial charge on any atom is 0.534 e. The Morgan fingerprint density at radius 3 is 1.83 bits per heavy atom. The predicted molar refractivity (Wildman–Crippen MR) is 69.7 cm³/mol. The lowest BCUT2D eigenvalue weighted by molar-refractivity contribution is 0.0576. The molecule has 5 nitrogen and oxygen atoms in total. The van der Waals surface area contributed by atoms with E-state index in [1.54, 1.807) is 26.4 Å². The third-order valence-corrected chi connectivity index (χ3v) is 4.56. The van der Waals surface area contributed by atoms with Crippen molar-refractivity contribution in [1.29, 1.82) is 0 Å². The zero-order chi connectivity index (χ0) is 13.3. The van der Waals surface area contributed by atoms with E-state index in [4.69, 9.17) is 18.3 Å². The Morgan fingerprint density at radius 1 is 0.889 bits per heavy atom. The molecule has 0 radical (unpaired) electrons. The van der Waals surface area contributed by atoms with E-state index in [1.807, 2.05) is 18.2 Å². The van der Waals surface area contributed by atoms with Gasteiger partial charge in [0.2, 0.25) is 0 Å². The highest BCUT2D eigenvalue weighted by molar-refractivity contribution is 6.74. The second-order valence-electron chi connectivity index (χ2n) is 3.63. The maximum atomic E-state index is 10.5. The first-order valence-electron chi connectivity index (χ1n) is 5.76. The van der Waals surface area contributed by atoms with Crippen molar-refractivity contribution in [2.45, 2.75) is 0 Å². The van der Waals surface area contributed by atoms with Crippen molar-refractivity contribution in [2.24, 2.45) is 0 Å². The molecular formula is C12H20O5Si. The van der Waals surface area contributed by atoms with Crippen LogP contribution in [0, 0.1) is 0 Å². The lowest BCUT2D eigenvalue weighted by Gasteiger charge is -2.24. The van der Waals surface area contributed by atoms with Gasteiger partial charge in [0.25, 0.3) is 0 Å². The van der Waals surface area contributed by atoms with Crippen LogP contribution in [0.5, 0.6) is 0 Å². The second kappa shape index (κ2) is 8.36. The second-order valence-corrected chi connectivity index (χ2v) is 5.95. The van der Waals surface area contributed by atoms with Crippen LogP contribution in [0.1, 0.15) is 0 Å². The molecule has 0 saturated heterocycles. The van der Waals surface area contributed by atoms with Gasteiger partial charge in [-0.1, -0.05) is 30.3 Å². The predicted octanol–water partition coefficient (Wildman–Crippen LogP) is 0.151. The molecule has 1 rings (SSSR count). The minimum Gasteiger partial charge on any atom is -0.386 e. The number of methoxy groups -OCH3 is 2. The molecule has 102 valence electrons. The van der Waals surface area contributed by atoms with E-state index in [2.05, 4.69) is 0 Å². The first-order chi connectivity index (χ1) is 8.73. The molecule has 6 heteroatoms. The Morgan fingerprint density at radius 2 is 1.39 bits per heavy atom. The summed E-state index contributed by atoms with van der Waals surface area (Å²) < 4.78 is 20.8. The van der Waals surface area contributed by atoms with Gasteiger partial charge in [-0.15, -0.1) is 0 Å². The summed E-state index contributed by atoms with van der Waals surface area (Å²) in [5.74, 6) is 0. The van der Waals surface area contributed by atoms with Crippen LogP contribution in [0.15, 0.2) is 30.3 Å². The van der Waals surface area contributed by atoms with E-state index in [1.165, 1.54) is 0 Å². The zero-order valence-electron chi connectivity index (χ0n) is 10.8. The fraction of sp³-hybridized carbons (Fsp3) is 0.500. The smallest absolute Gasteiger partial charge is 0.386 e. The van der Waals surface area contributed by atoms with Crippen LogP contribution in [-0.4, -0.2) is 54.2 Å².